The largest absolute Gasteiger partial charge is 0.302 e. The van der Waals surface area contributed by atoms with Crippen molar-refractivity contribution in [1.29, 1.82) is 0 Å². The first-order chi connectivity index (χ1) is 10.9. The molecule has 2 aromatic rings. The maximum Gasteiger partial charge on any atom is 0.226 e. The number of aromatic nitrogens is 1. The zero-order valence-corrected chi connectivity index (χ0v) is 15.4. The SMILES string of the molecule is O=C(C[C@@H]1CCS(=O)(=O)C1)Nc1nc(-c2ccc(Br)cc2)cs1. The molecule has 1 atom stereocenters. The lowest BCUT2D eigenvalue weighted by Gasteiger charge is -2.06. The van der Waals surface area contributed by atoms with Crippen molar-refractivity contribution >= 4 is 48.1 Å². The normalized spacial score (nSPS) is 19.6. The van der Waals surface area contributed by atoms with Crippen LogP contribution in [0.5, 0.6) is 0 Å². The van der Waals surface area contributed by atoms with Gasteiger partial charge in [0.25, 0.3) is 0 Å². The molecule has 1 fully saturated rings. The molecule has 5 nitrogen and oxygen atoms in total. The van der Waals surface area contributed by atoms with Crippen molar-refractivity contribution in [3.8, 4) is 11.3 Å². The van der Waals surface area contributed by atoms with Crippen LogP contribution in [-0.4, -0.2) is 30.8 Å². The summed E-state index contributed by atoms with van der Waals surface area (Å²) in [6, 6.07) is 7.78. The third-order valence-electron chi connectivity index (χ3n) is 3.69. The van der Waals surface area contributed by atoms with Crippen LogP contribution in [0.1, 0.15) is 12.8 Å². The van der Waals surface area contributed by atoms with Gasteiger partial charge in [-0.05, 0) is 24.5 Å². The van der Waals surface area contributed by atoms with Crippen molar-refractivity contribution in [1.82, 2.24) is 4.98 Å². The van der Waals surface area contributed by atoms with Crippen molar-refractivity contribution in [2.24, 2.45) is 5.92 Å². The third kappa shape index (κ3) is 4.39. The van der Waals surface area contributed by atoms with Crippen LogP contribution in [0.2, 0.25) is 0 Å². The molecule has 1 N–H and O–H groups in total. The highest BCUT2D eigenvalue weighted by Gasteiger charge is 2.29. The Morgan fingerprint density at radius 1 is 1.35 bits per heavy atom. The molecule has 0 radical (unpaired) electrons. The van der Waals surface area contributed by atoms with E-state index >= 15 is 0 Å². The zero-order valence-electron chi connectivity index (χ0n) is 12.2. The Morgan fingerprint density at radius 2 is 2.09 bits per heavy atom. The second kappa shape index (κ2) is 6.70. The first kappa shape index (κ1) is 16.6. The van der Waals surface area contributed by atoms with Gasteiger partial charge >= 0.3 is 0 Å². The highest BCUT2D eigenvalue weighted by atomic mass is 79.9. The van der Waals surface area contributed by atoms with Gasteiger partial charge in [-0.25, -0.2) is 13.4 Å². The van der Waals surface area contributed by atoms with Gasteiger partial charge in [-0.1, -0.05) is 28.1 Å². The number of sulfone groups is 1. The summed E-state index contributed by atoms with van der Waals surface area (Å²) >= 11 is 4.75. The Hall–Kier alpha value is -1.25. The Bertz CT molecular complexity index is 816. The monoisotopic (exact) mass is 414 g/mol. The summed E-state index contributed by atoms with van der Waals surface area (Å²) in [7, 11) is -2.95. The van der Waals surface area contributed by atoms with Crippen molar-refractivity contribution in [3.05, 3.63) is 34.1 Å². The van der Waals surface area contributed by atoms with Crippen LogP contribution in [0.15, 0.2) is 34.1 Å². The average molecular weight is 415 g/mol. The summed E-state index contributed by atoms with van der Waals surface area (Å²) < 4.78 is 23.8. The molecule has 1 aliphatic heterocycles. The molecule has 3 rings (SSSR count). The van der Waals surface area contributed by atoms with Crippen molar-refractivity contribution < 1.29 is 13.2 Å². The van der Waals surface area contributed by atoms with Crippen LogP contribution in [0.3, 0.4) is 0 Å². The molecule has 1 aliphatic rings. The molecule has 0 bridgehead atoms. The minimum Gasteiger partial charge on any atom is -0.302 e. The molecule has 0 aliphatic carbocycles. The van der Waals surface area contributed by atoms with Gasteiger partial charge in [-0.3, -0.25) is 4.79 Å². The number of benzene rings is 1. The number of anilines is 1. The Kier molecular flexibility index (Phi) is 4.84. The van der Waals surface area contributed by atoms with Gasteiger partial charge in [-0.15, -0.1) is 11.3 Å². The summed E-state index contributed by atoms with van der Waals surface area (Å²) in [5.74, 6) is 0.0490. The molecule has 1 amide bonds. The van der Waals surface area contributed by atoms with E-state index in [-0.39, 0.29) is 29.8 Å². The summed E-state index contributed by atoms with van der Waals surface area (Å²) in [6.07, 6.45) is 0.796. The summed E-state index contributed by atoms with van der Waals surface area (Å²) in [5.41, 5.74) is 1.79. The molecule has 23 heavy (non-hydrogen) atoms. The predicted octanol–water partition coefficient (Wildman–Crippen LogP) is 3.34. The second-order valence-corrected chi connectivity index (χ2v) is 9.57. The summed E-state index contributed by atoms with van der Waals surface area (Å²) in [4.78, 5) is 16.4. The van der Waals surface area contributed by atoms with Crippen LogP contribution < -0.4 is 5.32 Å². The van der Waals surface area contributed by atoms with Crippen LogP contribution in [0.4, 0.5) is 5.13 Å². The maximum atomic E-state index is 12.0. The number of hydrogen-bond donors (Lipinski definition) is 1. The molecule has 1 aromatic heterocycles. The lowest BCUT2D eigenvalue weighted by molar-refractivity contribution is -0.116. The second-order valence-electron chi connectivity index (χ2n) is 5.57. The minimum atomic E-state index is -2.95. The van der Waals surface area contributed by atoms with E-state index in [0.29, 0.717) is 11.6 Å². The van der Waals surface area contributed by atoms with Gasteiger partial charge in [0.1, 0.15) is 0 Å². The fourth-order valence-electron chi connectivity index (χ4n) is 2.55. The Morgan fingerprint density at radius 3 is 2.74 bits per heavy atom. The van der Waals surface area contributed by atoms with E-state index in [1.165, 1.54) is 11.3 Å². The molecule has 1 saturated heterocycles. The molecular weight excluding hydrogens is 400 g/mol. The first-order valence-electron chi connectivity index (χ1n) is 7.13. The molecule has 0 spiro atoms. The number of rotatable bonds is 4. The number of nitrogens with zero attached hydrogens (tertiary/aromatic N) is 1. The van der Waals surface area contributed by atoms with Gasteiger partial charge < -0.3 is 5.32 Å². The number of nitrogens with one attached hydrogen (secondary N) is 1. The number of thiazole rings is 1. The van der Waals surface area contributed by atoms with Gasteiger partial charge in [0.15, 0.2) is 15.0 Å². The highest BCUT2D eigenvalue weighted by Crippen LogP contribution is 2.27. The molecule has 122 valence electrons. The standard InChI is InChI=1S/C15H15BrN2O3S2/c16-12-3-1-11(2-4-12)13-8-22-15(17-13)18-14(19)7-10-5-6-23(20,21)9-10/h1-4,8,10H,5-7,9H2,(H,17,18,19)/t10-/m0/s1. The highest BCUT2D eigenvalue weighted by molar-refractivity contribution is 9.10. The first-order valence-corrected chi connectivity index (χ1v) is 10.6. The molecule has 0 saturated carbocycles. The van der Waals surface area contributed by atoms with E-state index in [2.05, 4.69) is 26.2 Å². The Balaban J connectivity index is 1.60. The molecular formula is C15H15BrN2O3S2. The fraction of sp³-hybridized carbons (Fsp3) is 0.333. The number of halogens is 1. The predicted molar refractivity (Wildman–Crippen MR) is 95.3 cm³/mol. The number of carbonyl (C=O) groups excluding carboxylic acids is 1. The topological polar surface area (TPSA) is 76.1 Å². The van der Waals surface area contributed by atoms with Crippen molar-refractivity contribution in [3.63, 3.8) is 0 Å². The van der Waals surface area contributed by atoms with Gasteiger partial charge in [0, 0.05) is 21.8 Å². The smallest absolute Gasteiger partial charge is 0.226 e. The lowest BCUT2D eigenvalue weighted by atomic mass is 10.1. The van der Waals surface area contributed by atoms with Crippen LogP contribution in [-0.2, 0) is 14.6 Å². The fourth-order valence-corrected chi connectivity index (χ4v) is 5.41. The Labute approximate surface area is 147 Å². The minimum absolute atomic E-state index is 0.0779. The van der Waals surface area contributed by atoms with Gasteiger partial charge in [0.2, 0.25) is 5.91 Å². The van der Waals surface area contributed by atoms with Gasteiger partial charge in [0.05, 0.1) is 17.2 Å². The van der Waals surface area contributed by atoms with Crippen LogP contribution in [0, 0.1) is 5.92 Å². The molecule has 8 heteroatoms. The lowest BCUT2D eigenvalue weighted by Crippen LogP contribution is -2.17. The third-order valence-corrected chi connectivity index (χ3v) is 6.81. The van der Waals surface area contributed by atoms with Crippen molar-refractivity contribution in [2.45, 2.75) is 12.8 Å². The number of carbonyl (C=O) groups is 1. The van der Waals surface area contributed by atoms with Gasteiger partial charge in [-0.2, -0.15) is 0 Å². The van der Waals surface area contributed by atoms with Crippen molar-refractivity contribution in [2.75, 3.05) is 16.8 Å². The molecule has 0 unspecified atom stereocenters. The van der Waals surface area contributed by atoms with E-state index in [1.54, 1.807) is 0 Å². The van der Waals surface area contributed by atoms with E-state index in [9.17, 15) is 13.2 Å². The van der Waals surface area contributed by atoms with E-state index in [1.807, 2.05) is 29.6 Å². The van der Waals surface area contributed by atoms with Crippen LogP contribution >= 0.6 is 27.3 Å². The van der Waals surface area contributed by atoms with E-state index in [0.717, 1.165) is 15.7 Å². The zero-order chi connectivity index (χ0) is 16.4. The quantitative estimate of drug-likeness (QED) is 0.831. The summed E-state index contributed by atoms with van der Waals surface area (Å²) in [6.45, 7) is 0. The molecule has 1 aromatic carbocycles. The number of amides is 1. The van der Waals surface area contributed by atoms with Crippen LogP contribution in [0.25, 0.3) is 11.3 Å². The molecule has 2 heterocycles. The van der Waals surface area contributed by atoms with E-state index in [4.69, 9.17) is 0 Å². The summed E-state index contributed by atoms with van der Waals surface area (Å²) in [5, 5.41) is 5.19. The number of hydrogen-bond acceptors (Lipinski definition) is 5. The van der Waals surface area contributed by atoms with E-state index < -0.39 is 9.84 Å². The maximum absolute atomic E-state index is 12.0. The average Bonchev–Trinajstić information content (AvgIpc) is 3.06.